The first-order chi connectivity index (χ1) is 12.6. The van der Waals surface area contributed by atoms with Crippen molar-refractivity contribution >= 4 is 5.97 Å². The quantitative estimate of drug-likeness (QED) is 0.746. The number of methoxy groups -OCH3 is 1. The van der Waals surface area contributed by atoms with Gasteiger partial charge in [-0.25, -0.2) is 14.8 Å². The molecule has 0 aliphatic heterocycles. The van der Waals surface area contributed by atoms with Crippen LogP contribution in [0.25, 0.3) is 0 Å². The van der Waals surface area contributed by atoms with Crippen molar-refractivity contribution in [1.29, 1.82) is 0 Å². The highest BCUT2D eigenvalue weighted by atomic mass is 16.5. The topological polar surface area (TPSA) is 52.1 Å². The van der Waals surface area contributed by atoms with Crippen LogP contribution in [-0.2, 0) is 21.0 Å². The van der Waals surface area contributed by atoms with Crippen molar-refractivity contribution in [1.82, 2.24) is 9.97 Å². The molecule has 0 N–H and O–H groups in total. The number of hydrogen-bond donors (Lipinski definition) is 0. The summed E-state index contributed by atoms with van der Waals surface area (Å²) >= 11 is 0. The van der Waals surface area contributed by atoms with Crippen molar-refractivity contribution in [3.8, 4) is 0 Å². The first-order valence-electron chi connectivity index (χ1n) is 9.68. The maximum Gasteiger partial charge on any atom is 0.341 e. The van der Waals surface area contributed by atoms with E-state index in [0.717, 1.165) is 25.1 Å². The molecule has 2 aliphatic rings. The lowest BCUT2D eigenvalue weighted by Gasteiger charge is -2.23. The van der Waals surface area contributed by atoms with Gasteiger partial charge in [-0.15, -0.1) is 0 Å². The van der Waals surface area contributed by atoms with Crippen LogP contribution in [-0.4, -0.2) is 23.0 Å². The fourth-order valence-electron chi connectivity index (χ4n) is 5.18. The number of nitrogens with zero attached hydrogens (tertiary/aromatic N) is 2. The molecule has 1 heterocycles. The van der Waals surface area contributed by atoms with Gasteiger partial charge in [0.2, 0.25) is 0 Å². The molecular weight excluding hydrogens is 336 g/mol. The van der Waals surface area contributed by atoms with E-state index >= 15 is 0 Å². The van der Waals surface area contributed by atoms with Crippen molar-refractivity contribution in [2.75, 3.05) is 7.11 Å². The van der Waals surface area contributed by atoms with E-state index in [-0.39, 0.29) is 16.2 Å². The van der Waals surface area contributed by atoms with Crippen LogP contribution < -0.4 is 0 Å². The molecule has 2 aliphatic carbocycles. The standard InChI is InChI=1S/C23H28N2O2/c1-14-9-17-18(22(4,5)13-21(17,2)3)10-16(14)23(7-8-23)20-24-11-15(12-25-20)19(26)27-6/h9-12H,7-8,13H2,1-6H3. The predicted molar refractivity (Wildman–Crippen MR) is 105 cm³/mol. The van der Waals surface area contributed by atoms with E-state index in [2.05, 4.69) is 56.7 Å². The average Bonchev–Trinajstić information content (AvgIpc) is 3.38. The van der Waals surface area contributed by atoms with Crippen LogP contribution in [0.4, 0.5) is 0 Å². The Morgan fingerprint density at radius 2 is 1.52 bits per heavy atom. The van der Waals surface area contributed by atoms with Crippen LogP contribution in [0.2, 0.25) is 0 Å². The summed E-state index contributed by atoms with van der Waals surface area (Å²) in [4.78, 5) is 20.8. The van der Waals surface area contributed by atoms with Crippen LogP contribution in [0, 0.1) is 6.92 Å². The molecule has 0 bridgehead atoms. The smallest absolute Gasteiger partial charge is 0.341 e. The number of hydrogen-bond acceptors (Lipinski definition) is 4. The van der Waals surface area contributed by atoms with E-state index < -0.39 is 5.97 Å². The number of esters is 1. The Kier molecular flexibility index (Phi) is 3.79. The van der Waals surface area contributed by atoms with Gasteiger partial charge in [-0.3, -0.25) is 0 Å². The Hall–Kier alpha value is -2.23. The van der Waals surface area contributed by atoms with E-state index in [9.17, 15) is 4.79 Å². The van der Waals surface area contributed by atoms with Crippen LogP contribution in [0.5, 0.6) is 0 Å². The van der Waals surface area contributed by atoms with E-state index in [1.165, 1.54) is 29.4 Å². The largest absolute Gasteiger partial charge is 0.465 e. The van der Waals surface area contributed by atoms with Crippen LogP contribution in [0.15, 0.2) is 24.5 Å². The third-order valence-corrected chi connectivity index (χ3v) is 6.47. The van der Waals surface area contributed by atoms with Gasteiger partial charge in [0.05, 0.1) is 18.1 Å². The Morgan fingerprint density at radius 3 is 2.04 bits per heavy atom. The minimum absolute atomic E-state index is 0.115. The van der Waals surface area contributed by atoms with E-state index in [1.807, 2.05) is 0 Å². The molecule has 1 aromatic heterocycles. The molecule has 0 saturated heterocycles. The number of benzene rings is 1. The zero-order chi connectivity index (χ0) is 19.6. The van der Waals surface area contributed by atoms with Gasteiger partial charge < -0.3 is 4.74 Å². The zero-order valence-electron chi connectivity index (χ0n) is 17.1. The second-order valence-corrected chi connectivity index (χ2v) is 9.53. The van der Waals surface area contributed by atoms with Gasteiger partial charge in [-0.05, 0) is 59.3 Å². The second kappa shape index (κ2) is 5.63. The third-order valence-electron chi connectivity index (χ3n) is 6.47. The Labute approximate surface area is 161 Å². The van der Waals surface area contributed by atoms with Crippen LogP contribution in [0.3, 0.4) is 0 Å². The molecule has 4 rings (SSSR count). The minimum Gasteiger partial charge on any atom is -0.465 e. The maximum absolute atomic E-state index is 11.7. The number of carbonyl (C=O) groups excluding carboxylic acids is 1. The second-order valence-electron chi connectivity index (χ2n) is 9.53. The zero-order valence-corrected chi connectivity index (χ0v) is 17.1. The molecule has 0 spiro atoms. The van der Waals surface area contributed by atoms with Crippen molar-refractivity contribution in [3.63, 3.8) is 0 Å². The number of rotatable bonds is 3. The van der Waals surface area contributed by atoms with Gasteiger partial charge in [-0.2, -0.15) is 0 Å². The first-order valence-corrected chi connectivity index (χ1v) is 9.68. The van der Waals surface area contributed by atoms with Crippen molar-refractivity contribution in [2.24, 2.45) is 0 Å². The van der Waals surface area contributed by atoms with Gasteiger partial charge in [-0.1, -0.05) is 39.8 Å². The van der Waals surface area contributed by atoms with E-state index in [1.54, 1.807) is 12.4 Å². The highest BCUT2D eigenvalue weighted by molar-refractivity contribution is 5.88. The molecule has 0 atom stereocenters. The number of aromatic nitrogens is 2. The summed E-state index contributed by atoms with van der Waals surface area (Å²) in [6.07, 6.45) is 6.44. The Bertz CT molecular complexity index is 922. The molecule has 0 amide bonds. The monoisotopic (exact) mass is 364 g/mol. The lowest BCUT2D eigenvalue weighted by molar-refractivity contribution is 0.0599. The summed E-state index contributed by atoms with van der Waals surface area (Å²) in [5.41, 5.74) is 6.26. The van der Waals surface area contributed by atoms with Gasteiger partial charge in [0.15, 0.2) is 0 Å². The summed E-state index contributed by atoms with van der Waals surface area (Å²) in [5, 5.41) is 0. The molecule has 142 valence electrons. The summed E-state index contributed by atoms with van der Waals surface area (Å²) in [7, 11) is 1.37. The molecule has 4 heteroatoms. The highest BCUT2D eigenvalue weighted by Crippen LogP contribution is 2.56. The molecular formula is C23H28N2O2. The maximum atomic E-state index is 11.7. The SMILES string of the molecule is COC(=O)c1cnc(C2(c3cc4c(cc3C)C(C)(C)CC4(C)C)CC2)nc1. The van der Waals surface area contributed by atoms with Gasteiger partial charge >= 0.3 is 5.97 Å². The van der Waals surface area contributed by atoms with Crippen LogP contribution >= 0.6 is 0 Å². The van der Waals surface area contributed by atoms with Crippen LogP contribution in [0.1, 0.15) is 85.4 Å². The highest BCUT2D eigenvalue weighted by Gasteiger charge is 2.51. The number of aryl methyl sites for hydroxylation is 1. The first kappa shape index (κ1) is 18.1. The number of carbonyl (C=O) groups is 1. The summed E-state index contributed by atoms with van der Waals surface area (Å²) in [6, 6.07) is 4.81. The number of fused-ring (bicyclic) bond motifs is 1. The number of ether oxygens (including phenoxy) is 1. The summed E-state index contributed by atoms with van der Waals surface area (Å²) in [5.74, 6) is 0.414. The molecule has 1 aromatic carbocycles. The molecule has 0 unspecified atom stereocenters. The fraction of sp³-hybridized carbons (Fsp3) is 0.522. The van der Waals surface area contributed by atoms with Crippen molar-refractivity contribution < 1.29 is 9.53 Å². The average molecular weight is 364 g/mol. The predicted octanol–water partition coefficient (Wildman–Crippen LogP) is 4.61. The summed E-state index contributed by atoms with van der Waals surface area (Å²) in [6.45, 7) is 11.6. The molecule has 4 nitrogen and oxygen atoms in total. The van der Waals surface area contributed by atoms with Gasteiger partial charge in [0.1, 0.15) is 5.82 Å². The molecule has 1 fully saturated rings. The van der Waals surface area contributed by atoms with Crippen molar-refractivity contribution in [3.05, 3.63) is 58.2 Å². The molecule has 1 saturated carbocycles. The molecule has 0 radical (unpaired) electrons. The van der Waals surface area contributed by atoms with E-state index in [4.69, 9.17) is 4.74 Å². The lowest BCUT2D eigenvalue weighted by atomic mass is 9.81. The van der Waals surface area contributed by atoms with Gasteiger partial charge in [0.25, 0.3) is 0 Å². The lowest BCUT2D eigenvalue weighted by Crippen LogP contribution is -2.18. The fourth-order valence-corrected chi connectivity index (χ4v) is 5.18. The Balaban J connectivity index is 1.79. The third kappa shape index (κ3) is 2.69. The molecule has 2 aromatic rings. The normalized spacial score (nSPS) is 20.8. The summed E-state index contributed by atoms with van der Waals surface area (Å²) < 4.78 is 4.75. The van der Waals surface area contributed by atoms with E-state index in [0.29, 0.717) is 5.56 Å². The molecule has 27 heavy (non-hydrogen) atoms. The Morgan fingerprint density at radius 1 is 0.963 bits per heavy atom. The minimum atomic E-state index is -0.399. The van der Waals surface area contributed by atoms with Gasteiger partial charge in [0, 0.05) is 12.4 Å². The van der Waals surface area contributed by atoms with Crippen molar-refractivity contribution in [2.45, 2.75) is 70.1 Å².